The van der Waals surface area contributed by atoms with Crippen molar-refractivity contribution < 1.29 is 4.42 Å². The van der Waals surface area contributed by atoms with Crippen LogP contribution in [0.25, 0.3) is 33.1 Å². The van der Waals surface area contributed by atoms with Crippen LogP contribution in [0.4, 0.5) is 0 Å². The molecule has 0 radical (unpaired) electrons. The van der Waals surface area contributed by atoms with Crippen LogP contribution in [-0.4, -0.2) is 0 Å². The quantitative estimate of drug-likeness (QED) is 0.263. The molecule has 0 fully saturated rings. The molecule has 5 aromatic rings. The van der Waals surface area contributed by atoms with Crippen LogP contribution in [-0.2, 0) is 5.41 Å². The first-order chi connectivity index (χ1) is 16.4. The summed E-state index contributed by atoms with van der Waals surface area (Å²) in [5, 5.41) is 21.3. The Hall–Kier alpha value is -4.34. The Kier molecular flexibility index (Phi) is 4.22. The number of para-hydroxylation sites is 1. The lowest BCUT2D eigenvalue weighted by atomic mass is 9.83. The van der Waals surface area contributed by atoms with Gasteiger partial charge in [-0.3, -0.25) is 0 Å². The van der Waals surface area contributed by atoms with Gasteiger partial charge >= 0.3 is 0 Å². The molecule has 1 unspecified atom stereocenters. The summed E-state index contributed by atoms with van der Waals surface area (Å²) in [5.74, 6) is -0.0310. The molecule has 1 aromatic heterocycles. The predicted molar refractivity (Wildman–Crippen MR) is 135 cm³/mol. The van der Waals surface area contributed by atoms with Crippen molar-refractivity contribution in [2.75, 3.05) is 0 Å². The van der Waals surface area contributed by atoms with Gasteiger partial charge in [0, 0.05) is 22.3 Å². The molecule has 34 heavy (non-hydrogen) atoms. The highest BCUT2D eigenvalue weighted by Crippen LogP contribution is 2.52. The van der Waals surface area contributed by atoms with Crippen molar-refractivity contribution in [1.82, 2.24) is 0 Å². The number of benzene rings is 4. The third-order valence-electron chi connectivity index (χ3n) is 7.01. The van der Waals surface area contributed by atoms with Gasteiger partial charge in [-0.1, -0.05) is 75.4 Å². The minimum absolute atomic E-state index is 0.0114. The maximum atomic E-state index is 9.64. The van der Waals surface area contributed by atoms with Crippen LogP contribution in [0, 0.1) is 22.7 Å². The molecule has 0 bridgehead atoms. The Bertz CT molecular complexity index is 1720. The van der Waals surface area contributed by atoms with Gasteiger partial charge in [-0.25, -0.2) is 0 Å². The average molecular weight is 439 g/mol. The maximum Gasteiger partial charge on any atom is 0.143 e. The van der Waals surface area contributed by atoms with Crippen LogP contribution >= 0.6 is 0 Å². The van der Waals surface area contributed by atoms with Gasteiger partial charge in [0.1, 0.15) is 23.3 Å². The minimum atomic E-state index is -0.0310. The molecule has 0 amide bonds. The van der Waals surface area contributed by atoms with Gasteiger partial charge in [0.25, 0.3) is 0 Å². The van der Waals surface area contributed by atoms with E-state index in [1.165, 1.54) is 22.3 Å². The summed E-state index contributed by atoms with van der Waals surface area (Å²) in [6, 6.07) is 29.2. The number of hydrogen-bond donors (Lipinski definition) is 0. The average Bonchev–Trinajstić information content (AvgIpc) is 3.38. The molecular weight excluding hydrogens is 416 g/mol. The van der Waals surface area contributed by atoms with Gasteiger partial charge < -0.3 is 4.42 Å². The second-order valence-corrected chi connectivity index (χ2v) is 10.0. The first-order valence-electron chi connectivity index (χ1n) is 11.4. The first-order valence-corrected chi connectivity index (χ1v) is 11.4. The number of furan rings is 1. The molecule has 0 N–H and O–H groups in total. The molecule has 6 rings (SSSR count). The second-order valence-electron chi connectivity index (χ2n) is 10.0. The number of hydrogen-bond acceptors (Lipinski definition) is 3. The molecule has 1 aliphatic carbocycles. The highest BCUT2D eigenvalue weighted by molar-refractivity contribution is 6.11. The summed E-state index contributed by atoms with van der Waals surface area (Å²) in [6.45, 7) is 6.68. The van der Waals surface area contributed by atoms with E-state index in [1.807, 2.05) is 30.3 Å². The fraction of sp³-hybridized carbons (Fsp3) is 0.161. The van der Waals surface area contributed by atoms with E-state index in [-0.39, 0.29) is 11.3 Å². The third kappa shape index (κ3) is 2.81. The lowest BCUT2D eigenvalue weighted by Crippen LogP contribution is -2.11. The van der Waals surface area contributed by atoms with Gasteiger partial charge in [-0.2, -0.15) is 10.5 Å². The summed E-state index contributed by atoms with van der Waals surface area (Å²) in [6.07, 6.45) is 0. The van der Waals surface area contributed by atoms with E-state index in [0.29, 0.717) is 11.1 Å². The highest BCUT2D eigenvalue weighted by Gasteiger charge is 2.34. The van der Waals surface area contributed by atoms with Gasteiger partial charge in [-0.15, -0.1) is 0 Å². The monoisotopic (exact) mass is 438 g/mol. The molecule has 1 aliphatic rings. The van der Waals surface area contributed by atoms with Crippen molar-refractivity contribution in [2.45, 2.75) is 32.1 Å². The number of nitrogens with zero attached hydrogens (tertiary/aromatic N) is 2. The number of rotatable bonds is 1. The lowest BCUT2D eigenvalue weighted by molar-refractivity contribution is 0.590. The lowest BCUT2D eigenvalue weighted by Gasteiger charge is -2.21. The number of fused-ring (bicyclic) bond motifs is 7. The zero-order valence-corrected chi connectivity index (χ0v) is 19.3. The summed E-state index contributed by atoms with van der Waals surface area (Å²) >= 11 is 0. The molecule has 1 atom stereocenters. The van der Waals surface area contributed by atoms with E-state index < -0.39 is 0 Å². The van der Waals surface area contributed by atoms with Crippen molar-refractivity contribution in [3.05, 3.63) is 106 Å². The van der Waals surface area contributed by atoms with Gasteiger partial charge in [0.2, 0.25) is 0 Å². The molecule has 162 valence electrons. The standard InChI is InChI=1S/C31H22N2O/c1-31(2,3)21-10-11-23-26(15-21)29-25(28(23)18-8-9-19(16-32)20(14-18)17-33)13-12-24-22-6-4-5-7-27(22)34-30(24)29/h4-15,28H,1-3H3. The summed E-state index contributed by atoms with van der Waals surface area (Å²) in [4.78, 5) is 0. The van der Waals surface area contributed by atoms with Crippen molar-refractivity contribution in [3.63, 3.8) is 0 Å². The van der Waals surface area contributed by atoms with E-state index in [0.717, 1.165) is 33.1 Å². The minimum Gasteiger partial charge on any atom is -0.455 e. The Labute approximate surface area is 198 Å². The van der Waals surface area contributed by atoms with Crippen LogP contribution in [0.2, 0.25) is 0 Å². The van der Waals surface area contributed by atoms with E-state index in [1.54, 1.807) is 6.07 Å². The zero-order chi connectivity index (χ0) is 23.6. The van der Waals surface area contributed by atoms with Crippen LogP contribution in [0.5, 0.6) is 0 Å². The largest absolute Gasteiger partial charge is 0.455 e. The molecule has 3 nitrogen and oxygen atoms in total. The fourth-order valence-corrected chi connectivity index (χ4v) is 5.27. The van der Waals surface area contributed by atoms with E-state index >= 15 is 0 Å². The van der Waals surface area contributed by atoms with Crippen molar-refractivity contribution in [3.8, 4) is 23.3 Å². The topological polar surface area (TPSA) is 60.7 Å². The van der Waals surface area contributed by atoms with Crippen molar-refractivity contribution in [1.29, 1.82) is 10.5 Å². The van der Waals surface area contributed by atoms with E-state index in [9.17, 15) is 10.5 Å². The smallest absolute Gasteiger partial charge is 0.143 e. The predicted octanol–water partition coefficient (Wildman–Crippen LogP) is 7.79. The molecule has 0 saturated carbocycles. The maximum absolute atomic E-state index is 9.64. The second kappa shape index (κ2) is 7.08. The van der Waals surface area contributed by atoms with Crippen LogP contribution in [0.1, 0.15) is 60.1 Å². The zero-order valence-electron chi connectivity index (χ0n) is 19.3. The summed E-state index contributed by atoms with van der Waals surface area (Å²) in [5.41, 5.74) is 9.56. The van der Waals surface area contributed by atoms with Crippen LogP contribution in [0.15, 0.2) is 77.2 Å². The Balaban J connectivity index is 1.70. The molecule has 0 spiro atoms. The molecule has 3 heteroatoms. The van der Waals surface area contributed by atoms with Crippen molar-refractivity contribution >= 4 is 21.9 Å². The van der Waals surface area contributed by atoms with Gasteiger partial charge in [0.05, 0.1) is 11.1 Å². The fourth-order valence-electron chi connectivity index (χ4n) is 5.27. The molecule has 4 aromatic carbocycles. The van der Waals surface area contributed by atoms with Crippen molar-refractivity contribution in [2.24, 2.45) is 0 Å². The number of nitriles is 2. The summed E-state index contributed by atoms with van der Waals surface area (Å²) < 4.78 is 6.45. The van der Waals surface area contributed by atoms with Gasteiger partial charge in [-0.05, 0) is 51.4 Å². The summed E-state index contributed by atoms with van der Waals surface area (Å²) in [7, 11) is 0. The van der Waals surface area contributed by atoms with Gasteiger partial charge in [0.15, 0.2) is 0 Å². The highest BCUT2D eigenvalue weighted by atomic mass is 16.3. The SMILES string of the molecule is CC(C)(C)c1ccc2c(c1)-c1c(ccc3c1oc1ccccc13)C2c1ccc(C#N)c(C#N)c1. The van der Waals surface area contributed by atoms with E-state index in [2.05, 4.69) is 69.3 Å². The normalized spacial score (nSPS) is 14.6. The molecule has 0 saturated heterocycles. The molecular formula is C31H22N2O. The third-order valence-corrected chi connectivity index (χ3v) is 7.01. The Morgan fingerprint density at radius 1 is 0.765 bits per heavy atom. The van der Waals surface area contributed by atoms with Crippen LogP contribution in [0.3, 0.4) is 0 Å². The molecule has 0 aliphatic heterocycles. The Morgan fingerprint density at radius 2 is 1.53 bits per heavy atom. The first kappa shape index (κ1) is 20.3. The Morgan fingerprint density at radius 3 is 2.29 bits per heavy atom. The van der Waals surface area contributed by atoms with E-state index in [4.69, 9.17) is 4.42 Å². The van der Waals surface area contributed by atoms with Crippen LogP contribution < -0.4 is 0 Å². The molecule has 1 heterocycles.